The van der Waals surface area contributed by atoms with Gasteiger partial charge in [-0.05, 0) is 54.9 Å². The van der Waals surface area contributed by atoms with Gasteiger partial charge < -0.3 is 15.6 Å². The summed E-state index contributed by atoms with van der Waals surface area (Å²) in [6, 6.07) is 0.943. The molecular weight excluding hydrogens is 369 g/mol. The van der Waals surface area contributed by atoms with Gasteiger partial charge in [0.25, 0.3) is 5.56 Å². The number of rotatable bonds is 2. The SMILES string of the molecule is NC1CCN(C2CCN(c3nc[nH]c(=O)c3I)C2)CC1. The van der Waals surface area contributed by atoms with Gasteiger partial charge in [-0.3, -0.25) is 9.69 Å². The van der Waals surface area contributed by atoms with Crippen LogP contribution in [0.5, 0.6) is 0 Å². The van der Waals surface area contributed by atoms with Crippen molar-refractivity contribution in [3.63, 3.8) is 0 Å². The zero-order valence-corrected chi connectivity index (χ0v) is 13.5. The standard InChI is InChI=1S/C13H20IN5O/c14-11-12(16-8-17-13(11)20)19-6-3-10(7-19)18-4-1-9(15)2-5-18/h8-10H,1-7,15H2,(H,16,17,20). The molecule has 110 valence electrons. The highest BCUT2D eigenvalue weighted by Gasteiger charge is 2.31. The number of aromatic amines is 1. The summed E-state index contributed by atoms with van der Waals surface area (Å²) in [5.41, 5.74) is 5.91. The van der Waals surface area contributed by atoms with E-state index in [1.807, 2.05) is 0 Å². The fourth-order valence-corrected chi connectivity index (χ4v) is 3.75. The molecule has 1 aromatic heterocycles. The Labute approximate surface area is 131 Å². The van der Waals surface area contributed by atoms with E-state index in [9.17, 15) is 4.79 Å². The van der Waals surface area contributed by atoms with E-state index in [0.29, 0.717) is 15.7 Å². The third kappa shape index (κ3) is 2.84. The summed E-state index contributed by atoms with van der Waals surface area (Å²) in [5.74, 6) is 0.825. The van der Waals surface area contributed by atoms with Gasteiger partial charge in [-0.2, -0.15) is 0 Å². The zero-order chi connectivity index (χ0) is 14.1. The van der Waals surface area contributed by atoms with E-state index < -0.39 is 0 Å². The number of nitrogens with zero attached hydrogens (tertiary/aromatic N) is 3. The molecule has 0 radical (unpaired) electrons. The van der Waals surface area contributed by atoms with Gasteiger partial charge in [0.15, 0.2) is 0 Å². The van der Waals surface area contributed by atoms with Crippen molar-refractivity contribution < 1.29 is 0 Å². The van der Waals surface area contributed by atoms with Crippen LogP contribution in [0.3, 0.4) is 0 Å². The number of piperidine rings is 1. The lowest BCUT2D eigenvalue weighted by Gasteiger charge is -2.34. The molecule has 1 aromatic rings. The van der Waals surface area contributed by atoms with Crippen LogP contribution in [-0.2, 0) is 0 Å². The summed E-state index contributed by atoms with van der Waals surface area (Å²) < 4.78 is 0.686. The van der Waals surface area contributed by atoms with Gasteiger partial charge in [-0.1, -0.05) is 0 Å². The van der Waals surface area contributed by atoms with Crippen LogP contribution in [0.4, 0.5) is 5.82 Å². The number of hydrogen-bond donors (Lipinski definition) is 2. The Morgan fingerprint density at radius 2 is 2.05 bits per heavy atom. The maximum absolute atomic E-state index is 11.7. The van der Waals surface area contributed by atoms with Gasteiger partial charge in [-0.25, -0.2) is 4.98 Å². The van der Waals surface area contributed by atoms with Crippen LogP contribution in [0.15, 0.2) is 11.1 Å². The van der Waals surface area contributed by atoms with E-state index in [1.54, 1.807) is 0 Å². The molecule has 3 heterocycles. The van der Waals surface area contributed by atoms with Gasteiger partial charge in [0.05, 0.1) is 6.33 Å². The molecule has 3 rings (SSSR count). The minimum absolute atomic E-state index is 0.0528. The molecule has 6 nitrogen and oxygen atoms in total. The van der Waals surface area contributed by atoms with Gasteiger partial charge in [0.2, 0.25) is 0 Å². The van der Waals surface area contributed by atoms with Crippen LogP contribution in [0.2, 0.25) is 0 Å². The van der Waals surface area contributed by atoms with E-state index in [2.05, 4.69) is 42.4 Å². The Hall–Kier alpha value is -0.670. The first-order chi connectivity index (χ1) is 9.65. The second kappa shape index (κ2) is 5.98. The largest absolute Gasteiger partial charge is 0.354 e. The van der Waals surface area contributed by atoms with E-state index in [4.69, 9.17) is 5.73 Å². The molecule has 2 fully saturated rings. The highest BCUT2D eigenvalue weighted by atomic mass is 127. The predicted octanol–water partition coefficient (Wildman–Crippen LogP) is 0.376. The molecule has 0 bridgehead atoms. The van der Waals surface area contributed by atoms with Crippen LogP contribution in [0.1, 0.15) is 19.3 Å². The molecule has 0 amide bonds. The maximum Gasteiger partial charge on any atom is 0.266 e. The Kier molecular flexibility index (Phi) is 4.27. The number of H-pyrrole nitrogens is 1. The summed E-state index contributed by atoms with van der Waals surface area (Å²) in [5, 5.41) is 0. The maximum atomic E-state index is 11.7. The lowest BCUT2D eigenvalue weighted by Crippen LogP contribution is -2.46. The van der Waals surface area contributed by atoms with Crippen molar-refractivity contribution in [1.29, 1.82) is 0 Å². The Balaban J connectivity index is 1.67. The first kappa shape index (κ1) is 14.3. The number of hydrogen-bond acceptors (Lipinski definition) is 5. The third-order valence-electron chi connectivity index (χ3n) is 4.33. The molecule has 20 heavy (non-hydrogen) atoms. The van der Waals surface area contributed by atoms with Crippen molar-refractivity contribution in [3.8, 4) is 0 Å². The molecular formula is C13H20IN5O. The highest BCUT2D eigenvalue weighted by Crippen LogP contribution is 2.25. The normalized spacial score (nSPS) is 25.3. The molecule has 1 unspecified atom stereocenters. The zero-order valence-electron chi connectivity index (χ0n) is 11.4. The minimum Gasteiger partial charge on any atom is -0.354 e. The van der Waals surface area contributed by atoms with Crippen LogP contribution in [0.25, 0.3) is 0 Å². The molecule has 0 spiro atoms. The summed E-state index contributed by atoms with van der Waals surface area (Å²) in [6.45, 7) is 4.13. The van der Waals surface area contributed by atoms with E-state index in [-0.39, 0.29) is 5.56 Å². The molecule has 0 aromatic carbocycles. The molecule has 1 atom stereocenters. The fraction of sp³-hybridized carbons (Fsp3) is 0.692. The lowest BCUT2D eigenvalue weighted by molar-refractivity contribution is 0.163. The third-order valence-corrected chi connectivity index (χ3v) is 5.30. The number of anilines is 1. The van der Waals surface area contributed by atoms with Crippen molar-refractivity contribution >= 4 is 28.4 Å². The van der Waals surface area contributed by atoms with Gasteiger partial charge >= 0.3 is 0 Å². The summed E-state index contributed by atoms with van der Waals surface area (Å²) in [4.78, 5) is 23.4. The first-order valence-corrected chi connectivity index (χ1v) is 8.21. The Bertz CT molecular complexity index is 526. The van der Waals surface area contributed by atoms with Crippen molar-refractivity contribution in [2.45, 2.75) is 31.3 Å². The van der Waals surface area contributed by atoms with Gasteiger partial charge in [0, 0.05) is 25.2 Å². The molecule has 2 saturated heterocycles. The smallest absolute Gasteiger partial charge is 0.266 e. The number of halogens is 1. The number of nitrogens with two attached hydrogens (primary N) is 1. The molecule has 0 saturated carbocycles. The molecule has 3 N–H and O–H groups in total. The predicted molar refractivity (Wildman–Crippen MR) is 87.0 cm³/mol. The van der Waals surface area contributed by atoms with Crippen LogP contribution in [-0.4, -0.2) is 53.1 Å². The van der Waals surface area contributed by atoms with Crippen LogP contribution in [0, 0.1) is 3.57 Å². The molecule has 0 aliphatic carbocycles. The van der Waals surface area contributed by atoms with E-state index in [1.165, 1.54) is 6.33 Å². The molecule has 2 aliphatic heterocycles. The summed E-state index contributed by atoms with van der Waals surface area (Å²) in [6.07, 6.45) is 4.82. The van der Waals surface area contributed by atoms with Crippen molar-refractivity contribution in [1.82, 2.24) is 14.9 Å². The summed E-state index contributed by atoms with van der Waals surface area (Å²) in [7, 11) is 0. The summed E-state index contributed by atoms with van der Waals surface area (Å²) >= 11 is 2.08. The fourth-order valence-electron chi connectivity index (χ4n) is 3.11. The average Bonchev–Trinajstić information content (AvgIpc) is 2.92. The minimum atomic E-state index is -0.0528. The Morgan fingerprint density at radius 1 is 1.30 bits per heavy atom. The van der Waals surface area contributed by atoms with Crippen LogP contribution >= 0.6 is 22.6 Å². The average molecular weight is 389 g/mol. The van der Waals surface area contributed by atoms with Crippen molar-refractivity contribution in [3.05, 3.63) is 20.3 Å². The lowest BCUT2D eigenvalue weighted by atomic mass is 10.0. The van der Waals surface area contributed by atoms with Crippen molar-refractivity contribution in [2.75, 3.05) is 31.1 Å². The number of aromatic nitrogens is 2. The first-order valence-electron chi connectivity index (χ1n) is 7.13. The number of likely N-dealkylation sites (tertiary alicyclic amines) is 1. The topological polar surface area (TPSA) is 78.2 Å². The van der Waals surface area contributed by atoms with Gasteiger partial charge in [-0.15, -0.1) is 0 Å². The molecule has 2 aliphatic rings. The van der Waals surface area contributed by atoms with Crippen molar-refractivity contribution in [2.24, 2.45) is 5.73 Å². The molecule has 7 heteroatoms. The highest BCUT2D eigenvalue weighted by molar-refractivity contribution is 14.1. The van der Waals surface area contributed by atoms with E-state index >= 15 is 0 Å². The Morgan fingerprint density at radius 3 is 2.80 bits per heavy atom. The van der Waals surface area contributed by atoms with Gasteiger partial charge in [0.1, 0.15) is 9.39 Å². The second-order valence-electron chi connectivity index (χ2n) is 5.63. The number of nitrogens with one attached hydrogen (secondary N) is 1. The second-order valence-corrected chi connectivity index (χ2v) is 6.71. The van der Waals surface area contributed by atoms with Crippen LogP contribution < -0.4 is 16.2 Å². The van der Waals surface area contributed by atoms with E-state index in [0.717, 1.165) is 51.3 Å². The quantitative estimate of drug-likeness (QED) is 0.716. The monoisotopic (exact) mass is 389 g/mol.